The van der Waals surface area contributed by atoms with E-state index in [9.17, 15) is 13.6 Å². The number of hydrogen-bond donors (Lipinski definition) is 0. The third kappa shape index (κ3) is 3.17. The van der Waals surface area contributed by atoms with Crippen LogP contribution in [-0.4, -0.2) is 19.1 Å². The van der Waals surface area contributed by atoms with Gasteiger partial charge in [-0.05, 0) is 38.1 Å². The Bertz CT molecular complexity index is 1220. The Morgan fingerprint density at radius 1 is 0.964 bits per heavy atom. The quantitative estimate of drug-likeness (QED) is 0.349. The van der Waals surface area contributed by atoms with E-state index in [0.29, 0.717) is 27.1 Å². The highest BCUT2D eigenvalue weighted by Crippen LogP contribution is 2.29. The fraction of sp³-hybridized carbons (Fsp3) is 0.250. The van der Waals surface area contributed by atoms with Crippen LogP contribution in [-0.2, 0) is 5.75 Å². The van der Waals surface area contributed by atoms with Crippen molar-refractivity contribution in [3.63, 3.8) is 0 Å². The van der Waals surface area contributed by atoms with Crippen molar-refractivity contribution in [1.29, 1.82) is 0 Å². The van der Waals surface area contributed by atoms with Gasteiger partial charge in [-0.2, -0.15) is 8.78 Å². The van der Waals surface area contributed by atoms with Crippen LogP contribution < -0.4 is 5.56 Å². The van der Waals surface area contributed by atoms with Crippen molar-refractivity contribution < 1.29 is 8.78 Å². The fourth-order valence-corrected chi connectivity index (χ4v) is 4.28. The predicted octanol–water partition coefficient (Wildman–Crippen LogP) is 5.01. The zero-order valence-electron chi connectivity index (χ0n) is 15.3. The van der Waals surface area contributed by atoms with Crippen LogP contribution in [0, 0.1) is 0 Å². The molecule has 0 unspecified atom stereocenters. The first-order chi connectivity index (χ1) is 13.5. The Balaban J connectivity index is 1.78. The van der Waals surface area contributed by atoms with Crippen molar-refractivity contribution in [2.45, 2.75) is 37.3 Å². The van der Waals surface area contributed by atoms with Crippen molar-refractivity contribution >= 4 is 33.7 Å². The number of nitrogens with zero attached hydrogens (tertiary/aromatic N) is 4. The molecule has 0 saturated carbocycles. The molecule has 8 heteroatoms. The van der Waals surface area contributed by atoms with Crippen LogP contribution in [0.25, 0.3) is 21.9 Å². The molecule has 0 aliphatic heterocycles. The summed E-state index contributed by atoms with van der Waals surface area (Å²) in [4.78, 5) is 21.8. The van der Waals surface area contributed by atoms with E-state index in [1.54, 1.807) is 47.0 Å². The largest absolute Gasteiger partial charge is 0.320 e. The average Bonchev–Trinajstić information content (AvgIpc) is 3.04. The van der Waals surface area contributed by atoms with Gasteiger partial charge < -0.3 is 0 Å². The van der Waals surface area contributed by atoms with Crippen LogP contribution in [0.15, 0.2) is 58.5 Å². The molecule has 0 aliphatic rings. The van der Waals surface area contributed by atoms with Gasteiger partial charge in [0.1, 0.15) is 5.82 Å². The van der Waals surface area contributed by atoms with E-state index >= 15 is 0 Å². The zero-order chi connectivity index (χ0) is 19.8. The molecule has 2 heterocycles. The molecule has 0 bridgehead atoms. The van der Waals surface area contributed by atoms with E-state index in [2.05, 4.69) is 9.97 Å². The maximum absolute atomic E-state index is 13.6. The summed E-state index contributed by atoms with van der Waals surface area (Å²) in [7, 11) is 0. The normalized spacial score (nSPS) is 11.9. The molecule has 0 saturated heterocycles. The first-order valence-corrected chi connectivity index (χ1v) is 9.84. The van der Waals surface area contributed by atoms with Crippen LogP contribution in [0.1, 0.15) is 32.3 Å². The highest BCUT2D eigenvalue weighted by atomic mass is 32.2. The van der Waals surface area contributed by atoms with E-state index in [4.69, 9.17) is 0 Å². The standard InChI is InChI=1S/C20H18F2N4OS/c1-12(2)25-18(27)13-7-3-4-8-14(13)24-20(25)28-11-17-23-15-9-5-6-10-16(15)26(17)19(21)22/h3-10,12,19H,11H2,1-2H3. The second-order valence-electron chi connectivity index (χ2n) is 6.63. The fourth-order valence-electron chi connectivity index (χ4n) is 3.23. The number of rotatable bonds is 5. The lowest BCUT2D eigenvalue weighted by Gasteiger charge is -2.16. The topological polar surface area (TPSA) is 52.7 Å². The molecular weight excluding hydrogens is 382 g/mol. The lowest BCUT2D eigenvalue weighted by atomic mass is 10.2. The zero-order valence-corrected chi connectivity index (χ0v) is 16.2. The van der Waals surface area contributed by atoms with E-state index in [-0.39, 0.29) is 23.2 Å². The number of fused-ring (bicyclic) bond motifs is 2. The van der Waals surface area contributed by atoms with Gasteiger partial charge in [-0.3, -0.25) is 13.9 Å². The lowest BCUT2D eigenvalue weighted by molar-refractivity contribution is 0.0722. The number of aromatic nitrogens is 4. The summed E-state index contributed by atoms with van der Waals surface area (Å²) in [6.45, 7) is 1.10. The predicted molar refractivity (Wildman–Crippen MR) is 107 cm³/mol. The molecule has 0 aliphatic carbocycles. The Hall–Kier alpha value is -2.74. The van der Waals surface area contributed by atoms with Crippen LogP contribution in [0.4, 0.5) is 8.78 Å². The van der Waals surface area contributed by atoms with Crippen molar-refractivity contribution in [3.05, 3.63) is 64.7 Å². The Kier molecular flexibility index (Phi) is 4.89. The number of thioether (sulfide) groups is 1. The first-order valence-electron chi connectivity index (χ1n) is 8.85. The highest BCUT2D eigenvalue weighted by molar-refractivity contribution is 7.98. The molecule has 0 N–H and O–H groups in total. The molecule has 5 nitrogen and oxygen atoms in total. The number of benzene rings is 2. The number of hydrogen-bond acceptors (Lipinski definition) is 4. The number of halogens is 2. The second kappa shape index (κ2) is 7.35. The third-order valence-electron chi connectivity index (χ3n) is 4.49. The van der Waals surface area contributed by atoms with E-state index < -0.39 is 6.55 Å². The molecule has 28 heavy (non-hydrogen) atoms. The smallest absolute Gasteiger partial charge is 0.285 e. The van der Waals surface area contributed by atoms with Crippen molar-refractivity contribution in [2.75, 3.05) is 0 Å². The first kappa shape index (κ1) is 18.6. The SMILES string of the molecule is CC(C)n1c(SCc2nc3ccccc3n2C(F)F)nc2ccccc2c1=O. The van der Waals surface area contributed by atoms with Gasteiger partial charge in [0.05, 0.1) is 27.7 Å². The molecule has 0 amide bonds. The number of alkyl halides is 2. The molecule has 0 spiro atoms. The summed E-state index contributed by atoms with van der Waals surface area (Å²) in [6, 6.07) is 13.8. The molecule has 0 fully saturated rings. The Morgan fingerprint density at radius 3 is 2.36 bits per heavy atom. The van der Waals surface area contributed by atoms with Crippen molar-refractivity contribution in [3.8, 4) is 0 Å². The maximum atomic E-state index is 13.6. The molecule has 2 aromatic carbocycles. The summed E-state index contributed by atoms with van der Waals surface area (Å²) in [6.07, 6.45) is 0. The number of imidazole rings is 1. The monoisotopic (exact) mass is 400 g/mol. The summed E-state index contributed by atoms with van der Waals surface area (Å²) in [5.74, 6) is 0.426. The molecule has 4 aromatic rings. The maximum Gasteiger partial charge on any atom is 0.320 e. The summed E-state index contributed by atoms with van der Waals surface area (Å²) >= 11 is 1.24. The van der Waals surface area contributed by atoms with Gasteiger partial charge in [-0.25, -0.2) is 9.97 Å². The average molecular weight is 400 g/mol. The van der Waals surface area contributed by atoms with Crippen LogP contribution in [0.2, 0.25) is 0 Å². The summed E-state index contributed by atoms with van der Waals surface area (Å²) in [5, 5.41) is 1.03. The van der Waals surface area contributed by atoms with E-state index in [0.717, 1.165) is 4.57 Å². The molecule has 2 aromatic heterocycles. The Labute approximate surface area is 164 Å². The van der Waals surface area contributed by atoms with Gasteiger partial charge in [0.2, 0.25) is 0 Å². The molecule has 0 radical (unpaired) electrons. The van der Waals surface area contributed by atoms with Crippen LogP contribution >= 0.6 is 11.8 Å². The van der Waals surface area contributed by atoms with Crippen LogP contribution in [0.5, 0.6) is 0 Å². The van der Waals surface area contributed by atoms with Gasteiger partial charge in [0.15, 0.2) is 5.16 Å². The van der Waals surface area contributed by atoms with E-state index in [1.807, 2.05) is 19.9 Å². The van der Waals surface area contributed by atoms with Crippen molar-refractivity contribution in [2.24, 2.45) is 0 Å². The van der Waals surface area contributed by atoms with Crippen LogP contribution in [0.3, 0.4) is 0 Å². The van der Waals surface area contributed by atoms with Gasteiger partial charge in [-0.1, -0.05) is 36.0 Å². The van der Waals surface area contributed by atoms with Crippen molar-refractivity contribution in [1.82, 2.24) is 19.1 Å². The third-order valence-corrected chi connectivity index (χ3v) is 5.43. The van der Waals surface area contributed by atoms with Gasteiger partial charge in [0.25, 0.3) is 5.56 Å². The summed E-state index contributed by atoms with van der Waals surface area (Å²) in [5.41, 5.74) is 1.37. The second-order valence-corrected chi connectivity index (χ2v) is 7.58. The van der Waals surface area contributed by atoms with Gasteiger partial charge in [-0.15, -0.1) is 0 Å². The molecule has 144 valence electrons. The minimum atomic E-state index is -2.69. The lowest BCUT2D eigenvalue weighted by Crippen LogP contribution is -2.25. The molecule has 4 rings (SSSR count). The minimum absolute atomic E-state index is 0.110. The highest BCUT2D eigenvalue weighted by Gasteiger charge is 2.19. The molecule has 0 atom stereocenters. The minimum Gasteiger partial charge on any atom is -0.285 e. The molecular formula is C20H18F2N4OS. The summed E-state index contributed by atoms with van der Waals surface area (Å²) < 4.78 is 29.8. The van der Waals surface area contributed by atoms with Gasteiger partial charge >= 0.3 is 6.55 Å². The van der Waals surface area contributed by atoms with Gasteiger partial charge in [0, 0.05) is 6.04 Å². The number of para-hydroxylation sites is 3. The van der Waals surface area contributed by atoms with E-state index in [1.165, 1.54) is 11.8 Å². The Morgan fingerprint density at radius 2 is 1.64 bits per heavy atom.